The minimum absolute atomic E-state index is 0.0379. The zero-order chi connectivity index (χ0) is 13.4. The first-order chi connectivity index (χ1) is 8.63. The van der Waals surface area contributed by atoms with Crippen LogP contribution < -0.4 is 10.5 Å². The highest BCUT2D eigenvalue weighted by molar-refractivity contribution is 5.75. The quantitative estimate of drug-likeness (QED) is 0.739. The van der Waals surface area contributed by atoms with Gasteiger partial charge in [0.25, 0.3) is 0 Å². The molecule has 0 saturated heterocycles. The molecule has 1 rings (SSSR count). The molecule has 1 aromatic rings. The Morgan fingerprint density at radius 1 is 1.39 bits per heavy atom. The van der Waals surface area contributed by atoms with E-state index < -0.39 is 0 Å². The van der Waals surface area contributed by atoms with Crippen LogP contribution in [0.25, 0.3) is 0 Å². The molecular weight excluding hydrogens is 232 g/mol. The minimum Gasteiger partial charge on any atom is -0.493 e. The molecule has 0 aliphatic rings. The number of methoxy groups -OCH3 is 1. The van der Waals surface area contributed by atoms with Gasteiger partial charge >= 0.3 is 0 Å². The fraction of sp³-hybridized carbons (Fsp3) is 0.462. The molecule has 0 radical (unpaired) electrons. The van der Waals surface area contributed by atoms with Gasteiger partial charge in [-0.2, -0.15) is 0 Å². The Labute approximate surface area is 107 Å². The highest BCUT2D eigenvalue weighted by Gasteiger charge is 2.08. The molecule has 1 amide bonds. The summed E-state index contributed by atoms with van der Waals surface area (Å²) in [5.41, 5.74) is 6.27. The van der Waals surface area contributed by atoms with Crippen LogP contribution in [-0.4, -0.2) is 44.7 Å². The van der Waals surface area contributed by atoms with Gasteiger partial charge in [0, 0.05) is 32.5 Å². The van der Waals surface area contributed by atoms with E-state index in [1.54, 1.807) is 31.2 Å². The molecule has 1 aromatic carbocycles. The summed E-state index contributed by atoms with van der Waals surface area (Å²) >= 11 is 0. The number of benzene rings is 1. The number of amides is 1. The van der Waals surface area contributed by atoms with E-state index in [-0.39, 0.29) is 5.91 Å². The van der Waals surface area contributed by atoms with E-state index in [0.717, 1.165) is 0 Å². The Kier molecular flexibility index (Phi) is 6.00. The Hall–Kier alpha value is -1.75. The summed E-state index contributed by atoms with van der Waals surface area (Å²) < 4.78 is 10.4. The summed E-state index contributed by atoms with van der Waals surface area (Å²) in [6.07, 6.45) is 0.342. The Morgan fingerprint density at radius 2 is 2.17 bits per heavy atom. The first-order valence-electron chi connectivity index (χ1n) is 5.84. The van der Waals surface area contributed by atoms with E-state index in [0.29, 0.717) is 37.6 Å². The number of likely N-dealkylation sites (N-methyl/N-ethyl adjacent to an activating group) is 1. The van der Waals surface area contributed by atoms with Gasteiger partial charge in [-0.25, -0.2) is 0 Å². The average Bonchev–Trinajstić information content (AvgIpc) is 2.35. The van der Waals surface area contributed by atoms with Crippen LogP contribution in [-0.2, 0) is 9.53 Å². The second-order valence-electron chi connectivity index (χ2n) is 3.98. The lowest BCUT2D eigenvalue weighted by Gasteiger charge is -2.16. The van der Waals surface area contributed by atoms with E-state index in [1.807, 2.05) is 12.1 Å². The van der Waals surface area contributed by atoms with Crippen LogP contribution in [0.15, 0.2) is 24.3 Å². The van der Waals surface area contributed by atoms with Crippen molar-refractivity contribution >= 4 is 11.6 Å². The van der Waals surface area contributed by atoms with Crippen molar-refractivity contribution in [1.82, 2.24) is 4.90 Å². The smallest absolute Gasteiger partial charge is 0.225 e. The van der Waals surface area contributed by atoms with E-state index in [4.69, 9.17) is 15.2 Å². The highest BCUT2D eigenvalue weighted by Crippen LogP contribution is 2.14. The Balaban J connectivity index is 2.27. The second kappa shape index (κ2) is 7.55. The normalized spacial score (nSPS) is 10.1. The van der Waals surface area contributed by atoms with Gasteiger partial charge in [-0.05, 0) is 12.1 Å². The molecule has 0 aliphatic heterocycles. The number of nitrogen functional groups attached to an aromatic ring is 1. The molecule has 0 saturated carbocycles. The van der Waals surface area contributed by atoms with Gasteiger partial charge < -0.3 is 20.1 Å². The summed E-state index contributed by atoms with van der Waals surface area (Å²) in [6, 6.07) is 7.16. The van der Waals surface area contributed by atoms with Crippen molar-refractivity contribution in [1.29, 1.82) is 0 Å². The first kappa shape index (κ1) is 14.3. The molecule has 5 nitrogen and oxygen atoms in total. The van der Waals surface area contributed by atoms with Crippen molar-refractivity contribution in [3.05, 3.63) is 24.3 Å². The van der Waals surface area contributed by atoms with Gasteiger partial charge in [0.2, 0.25) is 5.91 Å². The molecule has 0 heterocycles. The summed E-state index contributed by atoms with van der Waals surface area (Å²) in [6.45, 7) is 1.48. The predicted molar refractivity (Wildman–Crippen MR) is 70.5 cm³/mol. The van der Waals surface area contributed by atoms with Crippen molar-refractivity contribution < 1.29 is 14.3 Å². The maximum Gasteiger partial charge on any atom is 0.225 e. The zero-order valence-electron chi connectivity index (χ0n) is 10.9. The van der Waals surface area contributed by atoms with Gasteiger partial charge in [0.05, 0.1) is 19.6 Å². The zero-order valence-corrected chi connectivity index (χ0v) is 10.9. The van der Waals surface area contributed by atoms with E-state index in [1.165, 1.54) is 0 Å². The average molecular weight is 252 g/mol. The Bertz CT molecular complexity index is 382. The molecule has 0 spiro atoms. The SMILES string of the molecule is COCCN(C)C(=O)CCOc1cccc(N)c1. The van der Waals surface area contributed by atoms with Crippen molar-refractivity contribution in [2.24, 2.45) is 0 Å². The number of carbonyl (C=O) groups is 1. The van der Waals surface area contributed by atoms with E-state index >= 15 is 0 Å². The van der Waals surface area contributed by atoms with Crippen molar-refractivity contribution in [2.75, 3.05) is 39.6 Å². The summed E-state index contributed by atoms with van der Waals surface area (Å²) in [7, 11) is 3.36. The third-order valence-corrected chi connectivity index (χ3v) is 2.50. The molecule has 18 heavy (non-hydrogen) atoms. The monoisotopic (exact) mass is 252 g/mol. The number of rotatable bonds is 7. The third kappa shape index (κ3) is 5.05. The number of nitrogens with two attached hydrogens (primary N) is 1. The fourth-order valence-electron chi connectivity index (χ4n) is 1.40. The van der Waals surface area contributed by atoms with Crippen LogP contribution in [0.5, 0.6) is 5.75 Å². The standard InChI is InChI=1S/C13H20N2O3/c1-15(7-9-17-2)13(16)6-8-18-12-5-3-4-11(14)10-12/h3-5,10H,6-9,14H2,1-2H3. The van der Waals surface area contributed by atoms with Gasteiger partial charge in [-0.15, -0.1) is 0 Å². The number of anilines is 1. The molecule has 0 bridgehead atoms. The number of hydrogen-bond donors (Lipinski definition) is 1. The van der Waals surface area contributed by atoms with Crippen LogP contribution in [0.2, 0.25) is 0 Å². The van der Waals surface area contributed by atoms with Crippen LogP contribution >= 0.6 is 0 Å². The largest absolute Gasteiger partial charge is 0.493 e. The molecule has 5 heteroatoms. The van der Waals surface area contributed by atoms with Crippen molar-refractivity contribution in [3.63, 3.8) is 0 Å². The predicted octanol–water partition coefficient (Wildman–Crippen LogP) is 1.14. The highest BCUT2D eigenvalue weighted by atomic mass is 16.5. The van der Waals surface area contributed by atoms with Gasteiger partial charge in [-0.3, -0.25) is 4.79 Å². The van der Waals surface area contributed by atoms with Gasteiger partial charge in [0.1, 0.15) is 5.75 Å². The lowest BCUT2D eigenvalue weighted by molar-refractivity contribution is -0.130. The number of ether oxygens (including phenoxy) is 2. The van der Waals surface area contributed by atoms with E-state index in [9.17, 15) is 4.79 Å². The van der Waals surface area contributed by atoms with Crippen LogP contribution in [0.3, 0.4) is 0 Å². The first-order valence-corrected chi connectivity index (χ1v) is 5.84. The molecule has 0 atom stereocenters. The lowest BCUT2D eigenvalue weighted by atomic mass is 10.3. The van der Waals surface area contributed by atoms with Crippen LogP contribution in [0.4, 0.5) is 5.69 Å². The molecule has 0 aliphatic carbocycles. The Morgan fingerprint density at radius 3 is 2.83 bits per heavy atom. The van der Waals surface area contributed by atoms with Crippen LogP contribution in [0, 0.1) is 0 Å². The van der Waals surface area contributed by atoms with Crippen molar-refractivity contribution in [2.45, 2.75) is 6.42 Å². The van der Waals surface area contributed by atoms with Crippen LogP contribution in [0.1, 0.15) is 6.42 Å². The van der Waals surface area contributed by atoms with Gasteiger partial charge in [0.15, 0.2) is 0 Å². The number of carbonyl (C=O) groups excluding carboxylic acids is 1. The fourth-order valence-corrected chi connectivity index (χ4v) is 1.40. The molecule has 0 fully saturated rings. The summed E-state index contributed by atoms with van der Waals surface area (Å²) in [4.78, 5) is 13.3. The molecule has 0 unspecified atom stereocenters. The second-order valence-corrected chi connectivity index (χ2v) is 3.98. The van der Waals surface area contributed by atoms with Gasteiger partial charge in [-0.1, -0.05) is 6.07 Å². The van der Waals surface area contributed by atoms with E-state index in [2.05, 4.69) is 0 Å². The molecule has 0 aromatic heterocycles. The maximum atomic E-state index is 11.7. The lowest BCUT2D eigenvalue weighted by Crippen LogP contribution is -2.30. The molecular formula is C13H20N2O3. The maximum absolute atomic E-state index is 11.7. The summed E-state index contributed by atoms with van der Waals surface area (Å²) in [5.74, 6) is 0.721. The molecule has 100 valence electrons. The summed E-state index contributed by atoms with van der Waals surface area (Å²) in [5, 5.41) is 0. The van der Waals surface area contributed by atoms with Crippen molar-refractivity contribution in [3.8, 4) is 5.75 Å². The number of nitrogens with zero attached hydrogens (tertiary/aromatic N) is 1. The topological polar surface area (TPSA) is 64.8 Å². The third-order valence-electron chi connectivity index (χ3n) is 2.50. The minimum atomic E-state index is 0.0379. The number of hydrogen-bond acceptors (Lipinski definition) is 4. The molecule has 2 N–H and O–H groups in total.